The van der Waals surface area contributed by atoms with Crippen LogP contribution in [0.25, 0.3) is 5.78 Å². The highest BCUT2D eigenvalue weighted by Gasteiger charge is 2.17. The van der Waals surface area contributed by atoms with Gasteiger partial charge in [0.2, 0.25) is 5.91 Å². The van der Waals surface area contributed by atoms with Gasteiger partial charge in [-0.2, -0.15) is 0 Å². The Hall–Kier alpha value is -2.41. The number of fused-ring (bicyclic) bond motifs is 1. The summed E-state index contributed by atoms with van der Waals surface area (Å²) in [5.41, 5.74) is 3.04. The summed E-state index contributed by atoms with van der Waals surface area (Å²) in [6, 6.07) is 12.1. The highest BCUT2D eigenvalue weighted by Crippen LogP contribution is 2.22. The van der Waals surface area contributed by atoms with E-state index in [1.807, 2.05) is 42.5 Å². The number of benzene rings is 1. The standard InChI is InChI=1S/C20H25N5OS/c1-13(2)10-17(16-8-6-5-7-9-16)22-18(26)12-27-20-24-23-19-21-14(3)11-15(4)25(19)20/h5-9,11,13,17H,10,12H2,1-4H3,(H,22,26)/t17-/m0/s1. The van der Waals surface area contributed by atoms with E-state index in [4.69, 9.17) is 0 Å². The van der Waals surface area contributed by atoms with Gasteiger partial charge in [0.15, 0.2) is 5.16 Å². The summed E-state index contributed by atoms with van der Waals surface area (Å²) in [5, 5.41) is 12.2. The lowest BCUT2D eigenvalue weighted by Gasteiger charge is -2.21. The smallest absolute Gasteiger partial charge is 0.256 e. The molecule has 2 heterocycles. The topological polar surface area (TPSA) is 72.2 Å². The number of rotatable bonds is 7. The number of thioether (sulfide) groups is 1. The Bertz CT molecular complexity index is 923. The molecule has 0 aliphatic rings. The van der Waals surface area contributed by atoms with Crippen molar-refractivity contribution in [1.29, 1.82) is 0 Å². The molecular weight excluding hydrogens is 358 g/mol. The van der Waals surface area contributed by atoms with Crippen molar-refractivity contribution in [3.63, 3.8) is 0 Å². The third kappa shape index (κ3) is 4.86. The molecule has 1 aromatic carbocycles. The van der Waals surface area contributed by atoms with Gasteiger partial charge in [0, 0.05) is 11.4 Å². The third-order valence-corrected chi connectivity index (χ3v) is 5.17. The normalized spacial score (nSPS) is 12.5. The number of aromatic nitrogens is 4. The molecule has 3 aromatic rings. The second kappa shape index (κ2) is 8.52. The van der Waals surface area contributed by atoms with Crippen LogP contribution >= 0.6 is 11.8 Å². The first kappa shape index (κ1) is 19.4. The molecule has 27 heavy (non-hydrogen) atoms. The van der Waals surface area contributed by atoms with E-state index in [0.29, 0.717) is 16.9 Å². The van der Waals surface area contributed by atoms with Crippen LogP contribution in [0.3, 0.4) is 0 Å². The predicted octanol–water partition coefficient (Wildman–Crippen LogP) is 3.74. The lowest BCUT2D eigenvalue weighted by atomic mass is 9.97. The molecule has 142 valence electrons. The summed E-state index contributed by atoms with van der Waals surface area (Å²) in [6.45, 7) is 8.25. The van der Waals surface area contributed by atoms with Crippen LogP contribution in [-0.4, -0.2) is 31.2 Å². The van der Waals surface area contributed by atoms with Gasteiger partial charge in [-0.1, -0.05) is 55.9 Å². The molecule has 2 aromatic heterocycles. The van der Waals surface area contributed by atoms with Gasteiger partial charge in [-0.3, -0.25) is 9.20 Å². The van der Waals surface area contributed by atoms with Gasteiger partial charge in [0.05, 0.1) is 11.8 Å². The van der Waals surface area contributed by atoms with Crippen molar-refractivity contribution in [2.24, 2.45) is 5.92 Å². The molecule has 0 saturated heterocycles. The largest absolute Gasteiger partial charge is 0.349 e. The number of hydrogen-bond acceptors (Lipinski definition) is 5. The van der Waals surface area contributed by atoms with Gasteiger partial charge in [-0.25, -0.2) is 4.98 Å². The summed E-state index contributed by atoms with van der Waals surface area (Å²) < 4.78 is 1.88. The molecule has 0 unspecified atom stereocenters. The fourth-order valence-corrected chi connectivity index (χ4v) is 3.89. The molecule has 0 bridgehead atoms. The van der Waals surface area contributed by atoms with Crippen molar-refractivity contribution in [2.45, 2.75) is 45.3 Å². The van der Waals surface area contributed by atoms with Crippen molar-refractivity contribution in [3.05, 3.63) is 53.3 Å². The maximum Gasteiger partial charge on any atom is 0.256 e. The number of carbonyl (C=O) groups is 1. The Morgan fingerprint density at radius 2 is 1.93 bits per heavy atom. The Labute approximate surface area is 163 Å². The molecule has 0 spiro atoms. The molecule has 1 N–H and O–H groups in total. The van der Waals surface area contributed by atoms with Gasteiger partial charge in [-0.05, 0) is 37.8 Å². The van der Waals surface area contributed by atoms with E-state index in [1.54, 1.807) is 0 Å². The van der Waals surface area contributed by atoms with Crippen LogP contribution in [0.1, 0.15) is 43.3 Å². The van der Waals surface area contributed by atoms with Crippen LogP contribution in [0.4, 0.5) is 0 Å². The first-order valence-corrected chi connectivity index (χ1v) is 10.1. The molecule has 0 aliphatic carbocycles. The Morgan fingerprint density at radius 1 is 1.19 bits per heavy atom. The van der Waals surface area contributed by atoms with E-state index in [9.17, 15) is 4.79 Å². The van der Waals surface area contributed by atoms with E-state index in [-0.39, 0.29) is 17.7 Å². The second-order valence-corrected chi connectivity index (χ2v) is 8.05. The van der Waals surface area contributed by atoms with Gasteiger partial charge < -0.3 is 5.32 Å². The van der Waals surface area contributed by atoms with Crippen molar-refractivity contribution >= 4 is 23.4 Å². The maximum absolute atomic E-state index is 12.6. The second-order valence-electron chi connectivity index (χ2n) is 7.11. The maximum atomic E-state index is 12.6. The quantitative estimate of drug-likeness (QED) is 0.629. The summed E-state index contributed by atoms with van der Waals surface area (Å²) in [7, 11) is 0. The lowest BCUT2D eigenvalue weighted by molar-refractivity contribution is -0.119. The fourth-order valence-electron chi connectivity index (χ4n) is 3.09. The zero-order chi connectivity index (χ0) is 19.4. The van der Waals surface area contributed by atoms with Gasteiger partial charge in [0.25, 0.3) is 5.78 Å². The highest BCUT2D eigenvalue weighted by molar-refractivity contribution is 7.99. The minimum absolute atomic E-state index is 0.0102. The number of hydrogen-bond donors (Lipinski definition) is 1. The molecule has 3 rings (SSSR count). The Balaban J connectivity index is 1.68. The van der Waals surface area contributed by atoms with Gasteiger partial charge >= 0.3 is 0 Å². The third-order valence-electron chi connectivity index (χ3n) is 4.24. The summed E-state index contributed by atoms with van der Waals surface area (Å²) in [4.78, 5) is 17.0. The van der Waals surface area contributed by atoms with Crippen molar-refractivity contribution in [2.75, 3.05) is 5.75 Å². The number of aryl methyl sites for hydroxylation is 2. The Morgan fingerprint density at radius 3 is 2.63 bits per heavy atom. The molecule has 1 amide bonds. The zero-order valence-electron chi connectivity index (χ0n) is 16.1. The van der Waals surface area contributed by atoms with Crippen LogP contribution < -0.4 is 5.32 Å². The van der Waals surface area contributed by atoms with E-state index >= 15 is 0 Å². The predicted molar refractivity (Wildman–Crippen MR) is 108 cm³/mol. The summed E-state index contributed by atoms with van der Waals surface area (Å²) in [5.74, 6) is 1.33. The average Bonchev–Trinajstić information content (AvgIpc) is 3.03. The average molecular weight is 384 g/mol. The van der Waals surface area contributed by atoms with Crippen LogP contribution in [0.2, 0.25) is 0 Å². The molecule has 0 saturated carbocycles. The number of carbonyl (C=O) groups excluding carboxylic acids is 1. The molecular formula is C20H25N5OS. The monoisotopic (exact) mass is 383 g/mol. The number of amides is 1. The number of nitrogens with zero attached hydrogens (tertiary/aromatic N) is 4. The van der Waals surface area contributed by atoms with Crippen LogP contribution in [-0.2, 0) is 4.79 Å². The fraction of sp³-hybridized carbons (Fsp3) is 0.400. The molecule has 1 atom stereocenters. The number of nitrogens with one attached hydrogen (secondary N) is 1. The highest BCUT2D eigenvalue weighted by atomic mass is 32.2. The molecule has 7 heteroatoms. The van der Waals surface area contributed by atoms with Gasteiger partial charge in [-0.15, -0.1) is 10.2 Å². The summed E-state index contributed by atoms with van der Waals surface area (Å²) >= 11 is 1.38. The van der Waals surface area contributed by atoms with Crippen LogP contribution in [0.15, 0.2) is 41.6 Å². The molecule has 0 aliphatic heterocycles. The van der Waals surface area contributed by atoms with E-state index in [1.165, 1.54) is 11.8 Å². The van der Waals surface area contributed by atoms with Crippen molar-refractivity contribution < 1.29 is 4.79 Å². The minimum atomic E-state index is -0.0102. The van der Waals surface area contributed by atoms with Crippen LogP contribution in [0.5, 0.6) is 0 Å². The Kier molecular flexibility index (Phi) is 6.11. The first-order valence-electron chi connectivity index (χ1n) is 9.10. The van der Waals surface area contributed by atoms with E-state index < -0.39 is 0 Å². The summed E-state index contributed by atoms with van der Waals surface area (Å²) in [6.07, 6.45) is 0.899. The first-order chi connectivity index (χ1) is 12.9. The molecule has 6 nitrogen and oxygen atoms in total. The van der Waals surface area contributed by atoms with Gasteiger partial charge in [0.1, 0.15) is 0 Å². The van der Waals surface area contributed by atoms with Crippen LogP contribution in [0, 0.1) is 19.8 Å². The van der Waals surface area contributed by atoms with Crippen molar-refractivity contribution in [1.82, 2.24) is 24.9 Å². The lowest BCUT2D eigenvalue weighted by Crippen LogP contribution is -2.31. The van der Waals surface area contributed by atoms with E-state index in [0.717, 1.165) is 23.4 Å². The van der Waals surface area contributed by atoms with E-state index in [2.05, 4.69) is 46.5 Å². The SMILES string of the molecule is Cc1cc(C)n2c(SCC(=O)N[C@@H](CC(C)C)c3ccccc3)nnc2n1. The van der Waals surface area contributed by atoms with Crippen molar-refractivity contribution in [3.8, 4) is 0 Å². The molecule has 0 fully saturated rings. The zero-order valence-corrected chi connectivity index (χ0v) is 17.0. The minimum Gasteiger partial charge on any atom is -0.349 e. The molecule has 0 radical (unpaired) electrons.